The van der Waals surface area contributed by atoms with Crippen LogP contribution in [0.5, 0.6) is 0 Å². The van der Waals surface area contributed by atoms with Crippen LogP contribution in [0.4, 0.5) is 0 Å². The Balaban J connectivity index is 2.72. The Morgan fingerprint density at radius 3 is 2.33 bits per heavy atom. The zero-order chi connectivity index (χ0) is 13.4. The standard InChI is InChI=1S/C14H12N2O2/c1-13(2)14(9-16,10-6-4-3-5-7-10)11(8-15)12(17)18-13/h3-7,11H,1-2H3. The largest absolute Gasteiger partial charge is 0.456 e. The minimum absolute atomic E-state index is 0.632. The molecule has 2 atom stereocenters. The zero-order valence-corrected chi connectivity index (χ0v) is 10.2. The summed E-state index contributed by atoms with van der Waals surface area (Å²) >= 11 is 0. The molecule has 1 heterocycles. The van der Waals surface area contributed by atoms with E-state index in [1.54, 1.807) is 38.1 Å². The summed E-state index contributed by atoms with van der Waals surface area (Å²) in [6, 6.07) is 12.9. The van der Waals surface area contributed by atoms with Crippen LogP contribution in [0.2, 0.25) is 0 Å². The highest BCUT2D eigenvalue weighted by atomic mass is 16.6. The summed E-state index contributed by atoms with van der Waals surface area (Å²) < 4.78 is 5.23. The third kappa shape index (κ3) is 1.33. The highest BCUT2D eigenvalue weighted by molar-refractivity contribution is 5.83. The van der Waals surface area contributed by atoms with Gasteiger partial charge in [-0.25, -0.2) is 0 Å². The van der Waals surface area contributed by atoms with Crippen molar-refractivity contribution in [1.82, 2.24) is 0 Å². The first kappa shape index (κ1) is 12.1. The third-order valence-electron chi connectivity index (χ3n) is 3.51. The smallest absolute Gasteiger partial charge is 0.326 e. The van der Waals surface area contributed by atoms with Gasteiger partial charge >= 0.3 is 5.97 Å². The summed E-state index contributed by atoms with van der Waals surface area (Å²) in [5.74, 6) is -1.73. The second kappa shape index (κ2) is 3.85. The van der Waals surface area contributed by atoms with Crippen molar-refractivity contribution in [3.8, 4) is 12.1 Å². The van der Waals surface area contributed by atoms with Crippen molar-refractivity contribution in [2.24, 2.45) is 5.92 Å². The van der Waals surface area contributed by atoms with Crippen molar-refractivity contribution in [2.45, 2.75) is 24.9 Å². The van der Waals surface area contributed by atoms with E-state index in [1.807, 2.05) is 12.1 Å². The fourth-order valence-corrected chi connectivity index (χ4v) is 2.54. The van der Waals surface area contributed by atoms with Crippen LogP contribution in [-0.4, -0.2) is 11.6 Å². The second-order valence-corrected chi connectivity index (χ2v) is 4.78. The van der Waals surface area contributed by atoms with Gasteiger partial charge in [-0.05, 0) is 19.4 Å². The van der Waals surface area contributed by atoms with Gasteiger partial charge in [0.1, 0.15) is 11.0 Å². The third-order valence-corrected chi connectivity index (χ3v) is 3.51. The van der Waals surface area contributed by atoms with Gasteiger partial charge in [-0.2, -0.15) is 10.5 Å². The summed E-state index contributed by atoms with van der Waals surface area (Å²) in [7, 11) is 0. The maximum Gasteiger partial charge on any atom is 0.326 e. The average molecular weight is 240 g/mol. The van der Waals surface area contributed by atoms with Gasteiger partial charge in [0.2, 0.25) is 0 Å². The van der Waals surface area contributed by atoms with Crippen molar-refractivity contribution in [2.75, 3.05) is 0 Å². The summed E-state index contributed by atoms with van der Waals surface area (Å²) in [5, 5.41) is 18.8. The number of carbonyl (C=O) groups excluding carboxylic acids is 1. The average Bonchev–Trinajstić information content (AvgIpc) is 2.55. The van der Waals surface area contributed by atoms with Crippen LogP contribution < -0.4 is 0 Å². The monoisotopic (exact) mass is 240 g/mol. The van der Waals surface area contributed by atoms with E-state index in [2.05, 4.69) is 6.07 Å². The molecule has 0 amide bonds. The van der Waals surface area contributed by atoms with Crippen LogP contribution in [0.1, 0.15) is 19.4 Å². The maximum atomic E-state index is 11.8. The molecule has 1 aliphatic rings. The van der Waals surface area contributed by atoms with Gasteiger partial charge in [-0.1, -0.05) is 30.3 Å². The number of hydrogen-bond donors (Lipinski definition) is 0. The molecule has 4 nitrogen and oxygen atoms in total. The molecule has 0 bridgehead atoms. The van der Waals surface area contributed by atoms with Gasteiger partial charge < -0.3 is 4.74 Å². The number of nitrogens with zero attached hydrogens (tertiary/aromatic N) is 2. The fourth-order valence-electron chi connectivity index (χ4n) is 2.54. The Hall–Kier alpha value is -2.33. The predicted molar refractivity (Wildman–Crippen MR) is 63.0 cm³/mol. The Kier molecular flexibility index (Phi) is 2.60. The van der Waals surface area contributed by atoms with Crippen LogP contribution in [0, 0.1) is 28.6 Å². The molecule has 0 N–H and O–H groups in total. The van der Waals surface area contributed by atoms with E-state index in [1.165, 1.54) is 0 Å². The molecule has 4 heteroatoms. The van der Waals surface area contributed by atoms with E-state index >= 15 is 0 Å². The highest BCUT2D eigenvalue weighted by Gasteiger charge is 2.64. The van der Waals surface area contributed by atoms with Crippen LogP contribution in [0.3, 0.4) is 0 Å². The molecule has 0 aromatic heterocycles. The van der Waals surface area contributed by atoms with Crippen molar-refractivity contribution >= 4 is 5.97 Å². The molecule has 0 saturated carbocycles. The summed E-state index contributed by atoms with van der Waals surface area (Å²) in [6.07, 6.45) is 0. The first-order chi connectivity index (χ1) is 8.49. The maximum absolute atomic E-state index is 11.8. The molecule has 1 saturated heterocycles. The number of carbonyl (C=O) groups is 1. The molecule has 1 aliphatic heterocycles. The molecule has 2 rings (SSSR count). The lowest BCUT2D eigenvalue weighted by Crippen LogP contribution is -2.46. The summed E-state index contributed by atoms with van der Waals surface area (Å²) in [4.78, 5) is 11.8. The predicted octanol–water partition coefficient (Wildman–Crippen LogP) is 1.92. The number of rotatable bonds is 1. The molecule has 90 valence electrons. The molecule has 18 heavy (non-hydrogen) atoms. The lowest BCUT2D eigenvalue weighted by Gasteiger charge is -2.33. The van der Waals surface area contributed by atoms with Crippen LogP contribution >= 0.6 is 0 Å². The van der Waals surface area contributed by atoms with Gasteiger partial charge in [0, 0.05) is 0 Å². The van der Waals surface area contributed by atoms with Gasteiger partial charge in [-0.3, -0.25) is 4.79 Å². The van der Waals surface area contributed by atoms with E-state index in [0.29, 0.717) is 5.56 Å². The molecule has 1 aromatic rings. The van der Waals surface area contributed by atoms with E-state index in [4.69, 9.17) is 4.74 Å². The molecule has 0 spiro atoms. The van der Waals surface area contributed by atoms with E-state index in [-0.39, 0.29) is 0 Å². The van der Waals surface area contributed by atoms with Gasteiger partial charge in [0.15, 0.2) is 5.92 Å². The Labute approximate surface area is 105 Å². The Bertz CT molecular complexity index is 566. The van der Waals surface area contributed by atoms with Crippen molar-refractivity contribution < 1.29 is 9.53 Å². The topological polar surface area (TPSA) is 73.9 Å². The van der Waals surface area contributed by atoms with Crippen molar-refractivity contribution in [3.63, 3.8) is 0 Å². The lowest BCUT2D eigenvalue weighted by atomic mass is 9.64. The second-order valence-electron chi connectivity index (χ2n) is 4.78. The molecule has 2 unspecified atom stereocenters. The van der Waals surface area contributed by atoms with Crippen molar-refractivity contribution in [1.29, 1.82) is 10.5 Å². The van der Waals surface area contributed by atoms with Crippen LogP contribution in [0.25, 0.3) is 0 Å². The number of benzene rings is 1. The Morgan fingerprint density at radius 1 is 1.22 bits per heavy atom. The number of hydrogen-bond acceptors (Lipinski definition) is 4. The normalized spacial score (nSPS) is 29.1. The van der Waals surface area contributed by atoms with Crippen LogP contribution in [0.15, 0.2) is 30.3 Å². The van der Waals surface area contributed by atoms with Crippen LogP contribution in [-0.2, 0) is 14.9 Å². The fraction of sp³-hybridized carbons (Fsp3) is 0.357. The Morgan fingerprint density at radius 2 is 1.83 bits per heavy atom. The highest BCUT2D eigenvalue weighted by Crippen LogP contribution is 2.49. The molecular formula is C14H12N2O2. The molecule has 1 fully saturated rings. The van der Waals surface area contributed by atoms with Crippen molar-refractivity contribution in [3.05, 3.63) is 35.9 Å². The minimum atomic E-state index is -1.26. The number of esters is 1. The van der Waals surface area contributed by atoms with E-state index in [0.717, 1.165) is 0 Å². The first-order valence-electron chi connectivity index (χ1n) is 5.59. The SMILES string of the molecule is CC1(C)OC(=O)C(C#N)C1(C#N)c1ccccc1. The summed E-state index contributed by atoms with van der Waals surface area (Å²) in [5.41, 5.74) is -1.66. The molecule has 0 radical (unpaired) electrons. The number of ether oxygens (including phenoxy) is 1. The molecule has 1 aromatic carbocycles. The van der Waals surface area contributed by atoms with E-state index in [9.17, 15) is 15.3 Å². The summed E-state index contributed by atoms with van der Waals surface area (Å²) in [6.45, 7) is 3.33. The van der Waals surface area contributed by atoms with Gasteiger partial charge in [0.05, 0.1) is 12.1 Å². The van der Waals surface area contributed by atoms with E-state index < -0.39 is 22.9 Å². The minimum Gasteiger partial charge on any atom is -0.456 e. The number of nitriles is 2. The molecule has 0 aliphatic carbocycles. The van der Waals surface area contributed by atoms with Gasteiger partial charge in [-0.15, -0.1) is 0 Å². The molecular weight excluding hydrogens is 228 g/mol. The first-order valence-corrected chi connectivity index (χ1v) is 5.59. The number of cyclic esters (lactones) is 1. The zero-order valence-electron chi connectivity index (χ0n) is 10.2. The van der Waals surface area contributed by atoms with Gasteiger partial charge in [0.25, 0.3) is 0 Å². The lowest BCUT2D eigenvalue weighted by molar-refractivity contribution is -0.147. The quantitative estimate of drug-likeness (QED) is 0.703.